The van der Waals surface area contributed by atoms with Crippen LogP contribution in [0, 0.1) is 0 Å². The van der Waals surface area contributed by atoms with Crippen molar-refractivity contribution in [2.45, 2.75) is 0 Å². The lowest BCUT2D eigenvalue weighted by atomic mass is 10.1. The molecule has 0 unspecified atom stereocenters. The van der Waals surface area contributed by atoms with E-state index in [2.05, 4.69) is 10.2 Å². The summed E-state index contributed by atoms with van der Waals surface area (Å²) in [5, 5.41) is 7.65. The zero-order valence-electron chi connectivity index (χ0n) is 6.59. The van der Waals surface area contributed by atoms with Gasteiger partial charge in [-0.2, -0.15) is 5.10 Å². The smallest absolute Gasteiger partial charge is 0.132 e. The Labute approximate surface area is 85.5 Å². The predicted molar refractivity (Wildman–Crippen MR) is 54.0 cm³/mol. The second-order valence-electron chi connectivity index (χ2n) is 2.58. The molecule has 0 saturated carbocycles. The summed E-state index contributed by atoms with van der Waals surface area (Å²) in [5.74, 6) is 0. The summed E-state index contributed by atoms with van der Waals surface area (Å²) in [6, 6.07) is 7.50. The van der Waals surface area contributed by atoms with Crippen molar-refractivity contribution >= 4 is 23.2 Å². The number of H-pyrrole nitrogens is 1. The minimum absolute atomic E-state index is 0.508. The highest BCUT2D eigenvalue weighted by molar-refractivity contribution is 6.35. The largest absolute Gasteiger partial charge is 0.267 e. The Kier molecular flexibility index (Phi) is 2.25. The van der Waals surface area contributed by atoms with Gasteiger partial charge in [-0.1, -0.05) is 41.4 Å². The van der Waals surface area contributed by atoms with Crippen molar-refractivity contribution in [3.05, 3.63) is 40.6 Å². The number of nitrogens with one attached hydrogen (secondary N) is 1. The van der Waals surface area contributed by atoms with Gasteiger partial charge in [-0.05, 0) is 6.07 Å². The highest BCUT2D eigenvalue weighted by atomic mass is 35.5. The Bertz CT molecular complexity index is 423. The molecule has 2 aromatic rings. The minimum Gasteiger partial charge on any atom is -0.267 e. The lowest BCUT2D eigenvalue weighted by molar-refractivity contribution is 1.09. The molecule has 0 aliphatic carbocycles. The van der Waals surface area contributed by atoms with Crippen LogP contribution in [-0.4, -0.2) is 10.2 Å². The number of aromatic amines is 1. The van der Waals surface area contributed by atoms with Crippen LogP contribution in [0.5, 0.6) is 0 Å². The van der Waals surface area contributed by atoms with Crippen LogP contribution in [0.1, 0.15) is 0 Å². The van der Waals surface area contributed by atoms with Crippen LogP contribution < -0.4 is 0 Å². The zero-order chi connectivity index (χ0) is 9.26. The second-order valence-corrected chi connectivity index (χ2v) is 3.36. The third kappa shape index (κ3) is 1.55. The first-order valence-corrected chi connectivity index (χ1v) is 4.48. The van der Waals surface area contributed by atoms with Crippen LogP contribution in [0.15, 0.2) is 30.5 Å². The van der Waals surface area contributed by atoms with Gasteiger partial charge in [0.2, 0.25) is 0 Å². The molecule has 0 aliphatic heterocycles. The Balaban J connectivity index is 2.59. The number of halogens is 2. The molecule has 0 atom stereocenters. The van der Waals surface area contributed by atoms with Gasteiger partial charge < -0.3 is 0 Å². The lowest BCUT2D eigenvalue weighted by Gasteiger charge is -1.99. The van der Waals surface area contributed by atoms with E-state index in [-0.39, 0.29) is 0 Å². The van der Waals surface area contributed by atoms with Crippen LogP contribution in [-0.2, 0) is 0 Å². The predicted octanol–water partition coefficient (Wildman–Crippen LogP) is 3.38. The van der Waals surface area contributed by atoms with Gasteiger partial charge in [0.1, 0.15) is 5.15 Å². The van der Waals surface area contributed by atoms with E-state index in [0.717, 1.165) is 11.1 Å². The fraction of sp³-hybridized carbons (Fsp3) is 0. The highest BCUT2D eigenvalue weighted by Crippen LogP contribution is 2.31. The van der Waals surface area contributed by atoms with E-state index < -0.39 is 0 Å². The summed E-state index contributed by atoms with van der Waals surface area (Å²) in [5.41, 5.74) is 1.72. The average Bonchev–Trinajstić information content (AvgIpc) is 2.52. The summed E-state index contributed by atoms with van der Waals surface area (Å²) in [6.07, 6.45) is 1.66. The van der Waals surface area contributed by atoms with Crippen LogP contribution in [0.25, 0.3) is 11.1 Å². The number of rotatable bonds is 1. The summed E-state index contributed by atoms with van der Waals surface area (Å²) in [6.45, 7) is 0. The molecular formula is C9H6Cl2N2. The van der Waals surface area contributed by atoms with E-state index in [4.69, 9.17) is 23.2 Å². The molecule has 4 heteroatoms. The van der Waals surface area contributed by atoms with Gasteiger partial charge in [-0.15, -0.1) is 0 Å². The SMILES string of the molecule is Clc1ccccc1-c1cn[nH]c1Cl. The van der Waals surface area contributed by atoms with Crippen molar-refractivity contribution in [2.24, 2.45) is 0 Å². The van der Waals surface area contributed by atoms with Crippen molar-refractivity contribution in [2.75, 3.05) is 0 Å². The van der Waals surface area contributed by atoms with Crippen LogP contribution in [0.3, 0.4) is 0 Å². The van der Waals surface area contributed by atoms with Crippen molar-refractivity contribution in [3.8, 4) is 11.1 Å². The van der Waals surface area contributed by atoms with E-state index in [9.17, 15) is 0 Å². The molecular weight excluding hydrogens is 207 g/mol. The normalized spacial score (nSPS) is 10.3. The third-order valence-corrected chi connectivity index (χ3v) is 2.37. The summed E-state index contributed by atoms with van der Waals surface area (Å²) < 4.78 is 0. The number of aromatic nitrogens is 2. The Hall–Kier alpha value is -0.990. The first-order valence-electron chi connectivity index (χ1n) is 3.73. The monoisotopic (exact) mass is 212 g/mol. The molecule has 0 bridgehead atoms. The molecule has 0 fully saturated rings. The van der Waals surface area contributed by atoms with Gasteiger partial charge in [0.05, 0.1) is 6.20 Å². The van der Waals surface area contributed by atoms with Gasteiger partial charge in [0, 0.05) is 16.1 Å². The first-order chi connectivity index (χ1) is 6.29. The molecule has 2 rings (SSSR count). The quantitative estimate of drug-likeness (QED) is 0.772. The fourth-order valence-electron chi connectivity index (χ4n) is 1.14. The van der Waals surface area contributed by atoms with Gasteiger partial charge in [0.25, 0.3) is 0 Å². The molecule has 0 amide bonds. The molecule has 1 heterocycles. The molecule has 66 valence electrons. The van der Waals surface area contributed by atoms with E-state index in [1.54, 1.807) is 6.20 Å². The standard InChI is InChI=1S/C9H6Cl2N2/c10-8-4-2-1-3-6(8)7-5-12-13-9(7)11/h1-5H,(H,12,13). The summed E-state index contributed by atoms with van der Waals surface area (Å²) in [4.78, 5) is 0. The summed E-state index contributed by atoms with van der Waals surface area (Å²) in [7, 11) is 0. The van der Waals surface area contributed by atoms with Gasteiger partial charge in [-0.25, -0.2) is 0 Å². The maximum atomic E-state index is 5.99. The summed E-state index contributed by atoms with van der Waals surface area (Å²) >= 11 is 11.9. The van der Waals surface area contributed by atoms with Crippen LogP contribution >= 0.6 is 23.2 Å². The first kappa shape index (κ1) is 8.60. The Morgan fingerprint density at radius 3 is 2.46 bits per heavy atom. The molecule has 1 aromatic heterocycles. The second kappa shape index (κ2) is 3.40. The number of hydrogen-bond donors (Lipinski definition) is 1. The van der Waals surface area contributed by atoms with E-state index in [0.29, 0.717) is 10.2 Å². The van der Waals surface area contributed by atoms with Crippen LogP contribution in [0.2, 0.25) is 10.2 Å². The maximum absolute atomic E-state index is 5.99. The fourth-order valence-corrected chi connectivity index (χ4v) is 1.57. The molecule has 0 radical (unpaired) electrons. The maximum Gasteiger partial charge on any atom is 0.132 e. The Morgan fingerprint density at radius 2 is 1.85 bits per heavy atom. The van der Waals surface area contributed by atoms with Crippen molar-refractivity contribution < 1.29 is 0 Å². The van der Waals surface area contributed by atoms with Crippen molar-refractivity contribution in [1.29, 1.82) is 0 Å². The molecule has 0 saturated heterocycles. The number of hydrogen-bond acceptors (Lipinski definition) is 1. The zero-order valence-corrected chi connectivity index (χ0v) is 8.10. The molecule has 2 nitrogen and oxygen atoms in total. The third-order valence-electron chi connectivity index (χ3n) is 1.76. The van der Waals surface area contributed by atoms with E-state index in [1.165, 1.54) is 0 Å². The number of benzene rings is 1. The molecule has 0 aliphatic rings. The number of nitrogens with zero attached hydrogens (tertiary/aromatic N) is 1. The molecule has 1 N–H and O–H groups in total. The minimum atomic E-state index is 0.508. The molecule has 13 heavy (non-hydrogen) atoms. The topological polar surface area (TPSA) is 28.7 Å². The Morgan fingerprint density at radius 1 is 1.08 bits per heavy atom. The van der Waals surface area contributed by atoms with E-state index >= 15 is 0 Å². The average molecular weight is 213 g/mol. The van der Waals surface area contributed by atoms with E-state index in [1.807, 2.05) is 24.3 Å². The van der Waals surface area contributed by atoms with Gasteiger partial charge >= 0.3 is 0 Å². The molecule has 0 spiro atoms. The van der Waals surface area contributed by atoms with Crippen LogP contribution in [0.4, 0.5) is 0 Å². The highest BCUT2D eigenvalue weighted by Gasteiger charge is 2.07. The molecule has 1 aromatic carbocycles. The van der Waals surface area contributed by atoms with Gasteiger partial charge in [0.15, 0.2) is 0 Å². The lowest BCUT2D eigenvalue weighted by Crippen LogP contribution is -1.76. The van der Waals surface area contributed by atoms with Crippen molar-refractivity contribution in [1.82, 2.24) is 10.2 Å². The van der Waals surface area contributed by atoms with Gasteiger partial charge in [-0.3, -0.25) is 5.10 Å². The van der Waals surface area contributed by atoms with Crippen molar-refractivity contribution in [3.63, 3.8) is 0 Å².